The highest BCUT2D eigenvalue weighted by Gasteiger charge is 2.31. The highest BCUT2D eigenvalue weighted by Crippen LogP contribution is 2.26. The standard InChI is InChI=1S/C14H18N4O3/c1-3-20-7-11-6-15-13-10(2)17(4-5-18(11)13)14(19)12-8-21-9-16-12/h6,8-10H,3-5,7H2,1-2H3/t10-/m1/s1. The molecule has 1 atom stereocenters. The van der Waals surface area contributed by atoms with E-state index in [-0.39, 0.29) is 11.9 Å². The molecule has 2 aromatic heterocycles. The predicted octanol–water partition coefficient (Wildman–Crippen LogP) is 1.62. The van der Waals surface area contributed by atoms with Gasteiger partial charge >= 0.3 is 0 Å². The van der Waals surface area contributed by atoms with Gasteiger partial charge < -0.3 is 18.6 Å². The van der Waals surface area contributed by atoms with Gasteiger partial charge in [-0.1, -0.05) is 0 Å². The molecule has 112 valence electrons. The van der Waals surface area contributed by atoms with Crippen molar-refractivity contribution in [3.05, 3.63) is 36.1 Å². The number of aromatic nitrogens is 3. The van der Waals surface area contributed by atoms with Crippen molar-refractivity contribution in [2.75, 3.05) is 13.2 Å². The van der Waals surface area contributed by atoms with Crippen molar-refractivity contribution in [3.8, 4) is 0 Å². The predicted molar refractivity (Wildman–Crippen MR) is 73.5 cm³/mol. The van der Waals surface area contributed by atoms with Crippen LogP contribution in [0.1, 0.15) is 41.9 Å². The quantitative estimate of drug-likeness (QED) is 0.855. The third-order valence-corrected chi connectivity index (χ3v) is 3.74. The minimum absolute atomic E-state index is 0.0988. The molecule has 0 spiro atoms. The molecular formula is C14H18N4O3. The van der Waals surface area contributed by atoms with E-state index in [0.29, 0.717) is 32.0 Å². The number of rotatable bonds is 4. The molecule has 2 aromatic rings. The molecule has 3 heterocycles. The van der Waals surface area contributed by atoms with Gasteiger partial charge in [0, 0.05) is 19.7 Å². The molecule has 0 saturated heterocycles. The number of nitrogens with zero attached hydrogens (tertiary/aromatic N) is 4. The molecule has 3 rings (SSSR count). The van der Waals surface area contributed by atoms with Crippen LogP contribution in [0, 0.1) is 0 Å². The number of hydrogen-bond acceptors (Lipinski definition) is 5. The highest BCUT2D eigenvalue weighted by molar-refractivity contribution is 5.92. The number of hydrogen-bond donors (Lipinski definition) is 0. The lowest BCUT2D eigenvalue weighted by molar-refractivity contribution is 0.0624. The lowest BCUT2D eigenvalue weighted by Crippen LogP contribution is -2.41. The first-order valence-electron chi connectivity index (χ1n) is 7.03. The van der Waals surface area contributed by atoms with Crippen molar-refractivity contribution < 1.29 is 13.9 Å². The van der Waals surface area contributed by atoms with Crippen LogP contribution in [-0.2, 0) is 17.9 Å². The van der Waals surface area contributed by atoms with Crippen LogP contribution in [0.4, 0.5) is 0 Å². The summed E-state index contributed by atoms with van der Waals surface area (Å²) in [5.41, 5.74) is 1.38. The van der Waals surface area contributed by atoms with E-state index in [1.54, 1.807) is 4.90 Å². The van der Waals surface area contributed by atoms with E-state index in [0.717, 1.165) is 11.5 Å². The van der Waals surface area contributed by atoms with E-state index >= 15 is 0 Å². The van der Waals surface area contributed by atoms with Crippen LogP contribution in [0.15, 0.2) is 23.3 Å². The Labute approximate surface area is 122 Å². The number of oxazole rings is 1. The summed E-state index contributed by atoms with van der Waals surface area (Å²) >= 11 is 0. The summed E-state index contributed by atoms with van der Waals surface area (Å²) < 4.78 is 12.5. The zero-order chi connectivity index (χ0) is 14.8. The smallest absolute Gasteiger partial charge is 0.276 e. The second kappa shape index (κ2) is 5.69. The van der Waals surface area contributed by atoms with Gasteiger partial charge in [-0.05, 0) is 13.8 Å². The van der Waals surface area contributed by atoms with Crippen LogP contribution < -0.4 is 0 Å². The van der Waals surface area contributed by atoms with Crippen LogP contribution in [0.25, 0.3) is 0 Å². The summed E-state index contributed by atoms with van der Waals surface area (Å²) in [5, 5.41) is 0. The van der Waals surface area contributed by atoms with Crippen molar-refractivity contribution in [2.45, 2.75) is 33.0 Å². The van der Waals surface area contributed by atoms with Crippen molar-refractivity contribution in [1.82, 2.24) is 19.4 Å². The normalized spacial score (nSPS) is 17.8. The molecular weight excluding hydrogens is 272 g/mol. The molecule has 0 aliphatic carbocycles. The van der Waals surface area contributed by atoms with E-state index in [4.69, 9.17) is 9.15 Å². The monoisotopic (exact) mass is 290 g/mol. The average Bonchev–Trinajstić information content (AvgIpc) is 3.15. The van der Waals surface area contributed by atoms with E-state index in [2.05, 4.69) is 14.5 Å². The molecule has 0 unspecified atom stereocenters. The lowest BCUT2D eigenvalue weighted by atomic mass is 10.2. The Morgan fingerprint density at radius 2 is 2.33 bits per heavy atom. The number of carbonyl (C=O) groups is 1. The van der Waals surface area contributed by atoms with Gasteiger partial charge in [0.05, 0.1) is 24.5 Å². The molecule has 7 heteroatoms. The van der Waals surface area contributed by atoms with Gasteiger partial charge in [-0.2, -0.15) is 0 Å². The Morgan fingerprint density at radius 3 is 3.05 bits per heavy atom. The van der Waals surface area contributed by atoms with E-state index in [1.165, 1.54) is 12.7 Å². The van der Waals surface area contributed by atoms with Crippen molar-refractivity contribution in [2.24, 2.45) is 0 Å². The average molecular weight is 290 g/mol. The fourth-order valence-electron chi connectivity index (χ4n) is 2.62. The topological polar surface area (TPSA) is 73.4 Å². The summed E-state index contributed by atoms with van der Waals surface area (Å²) in [4.78, 5) is 22.5. The molecule has 0 bridgehead atoms. The van der Waals surface area contributed by atoms with Crippen molar-refractivity contribution >= 4 is 5.91 Å². The van der Waals surface area contributed by atoms with Crippen LogP contribution in [0.3, 0.4) is 0 Å². The third kappa shape index (κ3) is 2.44. The summed E-state index contributed by atoms with van der Waals surface area (Å²) in [6.07, 6.45) is 4.46. The number of ether oxygens (including phenoxy) is 1. The van der Waals surface area contributed by atoms with Crippen LogP contribution >= 0.6 is 0 Å². The second-order valence-corrected chi connectivity index (χ2v) is 4.94. The Balaban J connectivity index is 1.81. The van der Waals surface area contributed by atoms with Crippen molar-refractivity contribution in [1.29, 1.82) is 0 Å². The first kappa shape index (κ1) is 13.8. The summed E-state index contributed by atoms with van der Waals surface area (Å²) in [7, 11) is 0. The highest BCUT2D eigenvalue weighted by atomic mass is 16.5. The zero-order valence-corrected chi connectivity index (χ0v) is 12.2. The maximum Gasteiger partial charge on any atom is 0.276 e. The van der Waals surface area contributed by atoms with E-state index in [9.17, 15) is 4.79 Å². The maximum absolute atomic E-state index is 12.4. The minimum Gasteiger partial charge on any atom is -0.451 e. The van der Waals surface area contributed by atoms with Crippen LogP contribution in [0.5, 0.6) is 0 Å². The Bertz CT molecular complexity index is 620. The molecule has 0 N–H and O–H groups in total. The van der Waals surface area contributed by atoms with Gasteiger partial charge in [-0.15, -0.1) is 0 Å². The molecule has 0 fully saturated rings. The molecule has 0 radical (unpaired) electrons. The number of imidazole rings is 1. The fraction of sp³-hybridized carbons (Fsp3) is 0.500. The molecule has 7 nitrogen and oxygen atoms in total. The third-order valence-electron chi connectivity index (χ3n) is 3.74. The van der Waals surface area contributed by atoms with Crippen LogP contribution in [0.2, 0.25) is 0 Å². The second-order valence-electron chi connectivity index (χ2n) is 4.94. The van der Waals surface area contributed by atoms with Gasteiger partial charge in [0.1, 0.15) is 12.1 Å². The lowest BCUT2D eigenvalue weighted by Gasteiger charge is -2.33. The van der Waals surface area contributed by atoms with Gasteiger partial charge in [0.15, 0.2) is 12.1 Å². The first-order valence-corrected chi connectivity index (χ1v) is 7.03. The van der Waals surface area contributed by atoms with Gasteiger partial charge in [0.2, 0.25) is 0 Å². The molecule has 0 aromatic carbocycles. The summed E-state index contributed by atoms with van der Waals surface area (Å²) in [6, 6.07) is -0.0988. The number of carbonyl (C=O) groups excluding carboxylic acids is 1. The zero-order valence-electron chi connectivity index (χ0n) is 12.2. The van der Waals surface area contributed by atoms with Crippen molar-refractivity contribution in [3.63, 3.8) is 0 Å². The maximum atomic E-state index is 12.4. The Kier molecular flexibility index (Phi) is 3.74. The van der Waals surface area contributed by atoms with E-state index in [1.807, 2.05) is 20.0 Å². The number of amides is 1. The molecule has 0 saturated carbocycles. The molecule has 1 amide bonds. The van der Waals surface area contributed by atoms with Gasteiger partial charge in [-0.25, -0.2) is 9.97 Å². The molecule has 1 aliphatic rings. The van der Waals surface area contributed by atoms with E-state index < -0.39 is 0 Å². The molecule has 21 heavy (non-hydrogen) atoms. The summed E-state index contributed by atoms with van der Waals surface area (Å²) in [5.74, 6) is 0.754. The van der Waals surface area contributed by atoms with Gasteiger partial charge in [0.25, 0.3) is 5.91 Å². The Morgan fingerprint density at radius 1 is 1.48 bits per heavy atom. The SMILES string of the molecule is CCOCc1cnc2n1CCN(C(=O)c1cocn1)[C@@H]2C. The Hall–Kier alpha value is -2.15. The number of fused-ring (bicyclic) bond motifs is 1. The first-order chi connectivity index (χ1) is 10.2. The fourth-order valence-corrected chi connectivity index (χ4v) is 2.62. The minimum atomic E-state index is -0.128. The molecule has 1 aliphatic heterocycles. The summed E-state index contributed by atoms with van der Waals surface area (Å²) in [6.45, 7) is 6.50. The largest absolute Gasteiger partial charge is 0.451 e. The van der Waals surface area contributed by atoms with Crippen LogP contribution in [-0.4, -0.2) is 38.5 Å². The van der Waals surface area contributed by atoms with Gasteiger partial charge in [-0.3, -0.25) is 4.79 Å².